The van der Waals surface area contributed by atoms with Crippen molar-refractivity contribution in [3.8, 4) is 5.75 Å². The van der Waals surface area contributed by atoms with E-state index in [1.807, 2.05) is 0 Å². The van der Waals surface area contributed by atoms with Crippen molar-refractivity contribution in [2.75, 3.05) is 19.8 Å². The number of nitrogens with one attached hydrogen (secondary N) is 1. The summed E-state index contributed by atoms with van der Waals surface area (Å²) in [6, 6.07) is 2.39. The fourth-order valence-electron chi connectivity index (χ4n) is 1.72. The van der Waals surface area contributed by atoms with E-state index in [0.717, 1.165) is 12.5 Å². The van der Waals surface area contributed by atoms with E-state index in [2.05, 4.69) is 21.2 Å². The summed E-state index contributed by atoms with van der Waals surface area (Å²) in [5, 5.41) is 2.89. The van der Waals surface area contributed by atoms with Crippen LogP contribution in [-0.2, 0) is 9.53 Å². The van der Waals surface area contributed by atoms with Crippen molar-refractivity contribution < 1.29 is 18.7 Å². The Morgan fingerprint density at radius 3 is 3.05 bits per heavy atom. The average Bonchev–Trinajstić information content (AvgIpc) is 2.80. The molecule has 1 heterocycles. The highest BCUT2D eigenvalue weighted by atomic mass is 79.9. The molecule has 0 saturated carbocycles. The topological polar surface area (TPSA) is 47.6 Å². The Kier molecular flexibility index (Phi) is 5.01. The van der Waals surface area contributed by atoms with Crippen molar-refractivity contribution in [1.29, 1.82) is 0 Å². The Hall–Kier alpha value is -0.850. The summed E-state index contributed by atoms with van der Waals surface area (Å²) < 4.78 is 23.8. The number of ether oxygens (including phenoxy) is 2. The normalized spacial score (nSPS) is 18.4. The lowest BCUT2D eigenvalue weighted by Gasteiger charge is -2.13. The van der Waals surface area contributed by atoms with Crippen molar-refractivity contribution in [2.24, 2.45) is 0 Å². The molecule has 0 bridgehead atoms. The molecule has 104 valence electrons. The van der Waals surface area contributed by atoms with E-state index in [1.165, 1.54) is 6.07 Å². The number of rotatable bonds is 4. The predicted octanol–water partition coefficient (Wildman–Crippen LogP) is 2.53. The fraction of sp³-hybridized carbons (Fsp3) is 0.417. The van der Waals surface area contributed by atoms with E-state index >= 15 is 0 Å². The number of amides is 1. The molecular formula is C12H12BrClFNO3. The average molecular weight is 353 g/mol. The SMILES string of the molecule is O=C(COc1c(Cl)cc(F)cc1Br)NC1CCOC1. The van der Waals surface area contributed by atoms with Crippen LogP contribution in [0.1, 0.15) is 6.42 Å². The largest absolute Gasteiger partial charge is 0.481 e. The molecule has 1 fully saturated rings. The summed E-state index contributed by atoms with van der Waals surface area (Å²) in [6.07, 6.45) is 0.798. The van der Waals surface area contributed by atoms with Crippen molar-refractivity contribution in [3.63, 3.8) is 0 Å². The zero-order valence-corrected chi connectivity index (χ0v) is 12.3. The van der Waals surface area contributed by atoms with Crippen LogP contribution in [0.15, 0.2) is 16.6 Å². The first-order valence-electron chi connectivity index (χ1n) is 5.70. The van der Waals surface area contributed by atoms with E-state index in [0.29, 0.717) is 17.7 Å². The lowest BCUT2D eigenvalue weighted by Crippen LogP contribution is -2.38. The Bertz CT molecular complexity index is 457. The van der Waals surface area contributed by atoms with Gasteiger partial charge in [0.05, 0.1) is 22.1 Å². The van der Waals surface area contributed by atoms with Crippen LogP contribution in [0.3, 0.4) is 0 Å². The van der Waals surface area contributed by atoms with E-state index < -0.39 is 5.82 Å². The Morgan fingerprint density at radius 1 is 1.63 bits per heavy atom. The maximum Gasteiger partial charge on any atom is 0.258 e. The zero-order chi connectivity index (χ0) is 13.8. The summed E-state index contributed by atoms with van der Waals surface area (Å²) in [5.41, 5.74) is 0. The molecular weight excluding hydrogens is 340 g/mol. The molecule has 1 aliphatic rings. The van der Waals surface area contributed by atoms with Gasteiger partial charge in [0.1, 0.15) is 5.82 Å². The molecule has 0 radical (unpaired) electrons. The third-order valence-electron chi connectivity index (χ3n) is 2.61. The van der Waals surface area contributed by atoms with Crippen LogP contribution < -0.4 is 10.1 Å². The summed E-state index contributed by atoms with van der Waals surface area (Å²) >= 11 is 8.98. The summed E-state index contributed by atoms with van der Waals surface area (Å²) in [6.45, 7) is 0.994. The van der Waals surface area contributed by atoms with Crippen LogP contribution in [0.5, 0.6) is 5.75 Å². The van der Waals surface area contributed by atoms with Gasteiger partial charge < -0.3 is 14.8 Å². The lowest BCUT2D eigenvalue weighted by molar-refractivity contribution is -0.123. The molecule has 2 rings (SSSR count). The fourth-order valence-corrected chi connectivity index (χ4v) is 2.64. The molecule has 7 heteroatoms. The van der Waals surface area contributed by atoms with Gasteiger partial charge in [0, 0.05) is 6.61 Å². The molecule has 1 aromatic rings. The standard InChI is InChI=1S/C12H12BrClFNO3/c13-9-3-7(15)4-10(14)12(9)19-6-11(17)16-8-1-2-18-5-8/h3-4,8H,1-2,5-6H2,(H,16,17). The van der Waals surface area contributed by atoms with Gasteiger partial charge in [-0.25, -0.2) is 4.39 Å². The van der Waals surface area contributed by atoms with E-state index in [4.69, 9.17) is 21.1 Å². The maximum atomic E-state index is 13.0. The van der Waals surface area contributed by atoms with E-state index in [1.54, 1.807) is 0 Å². The predicted molar refractivity (Wildman–Crippen MR) is 72.0 cm³/mol. The molecule has 1 aromatic carbocycles. The summed E-state index contributed by atoms with van der Waals surface area (Å²) in [4.78, 5) is 11.6. The van der Waals surface area contributed by atoms with Gasteiger partial charge in [-0.3, -0.25) is 4.79 Å². The van der Waals surface area contributed by atoms with Crippen LogP contribution in [0.4, 0.5) is 4.39 Å². The molecule has 1 N–H and O–H groups in total. The van der Waals surface area contributed by atoms with Crippen LogP contribution in [0.2, 0.25) is 5.02 Å². The Morgan fingerprint density at radius 2 is 2.42 bits per heavy atom. The minimum absolute atomic E-state index is 0.0308. The molecule has 1 amide bonds. The number of carbonyl (C=O) groups is 1. The maximum absolute atomic E-state index is 13.0. The first-order valence-corrected chi connectivity index (χ1v) is 6.88. The van der Waals surface area contributed by atoms with Gasteiger partial charge in [-0.05, 0) is 34.5 Å². The minimum Gasteiger partial charge on any atom is -0.481 e. The molecule has 19 heavy (non-hydrogen) atoms. The second-order valence-electron chi connectivity index (χ2n) is 4.12. The number of hydrogen-bond donors (Lipinski definition) is 1. The van der Waals surface area contributed by atoms with Gasteiger partial charge in [0.15, 0.2) is 12.4 Å². The van der Waals surface area contributed by atoms with Crippen LogP contribution in [0, 0.1) is 5.82 Å². The van der Waals surface area contributed by atoms with Gasteiger partial charge in [-0.2, -0.15) is 0 Å². The van der Waals surface area contributed by atoms with Gasteiger partial charge in [0.25, 0.3) is 5.91 Å². The molecule has 1 saturated heterocycles. The van der Waals surface area contributed by atoms with Crippen molar-refractivity contribution in [2.45, 2.75) is 12.5 Å². The molecule has 0 aliphatic carbocycles. The van der Waals surface area contributed by atoms with Gasteiger partial charge >= 0.3 is 0 Å². The lowest BCUT2D eigenvalue weighted by atomic mass is 10.2. The molecule has 1 aliphatic heterocycles. The monoisotopic (exact) mass is 351 g/mol. The Balaban J connectivity index is 1.89. The van der Waals surface area contributed by atoms with Crippen molar-refractivity contribution in [1.82, 2.24) is 5.32 Å². The van der Waals surface area contributed by atoms with Crippen molar-refractivity contribution in [3.05, 3.63) is 27.4 Å². The van der Waals surface area contributed by atoms with Gasteiger partial charge in [-0.1, -0.05) is 11.6 Å². The van der Waals surface area contributed by atoms with E-state index in [-0.39, 0.29) is 29.3 Å². The number of halogens is 3. The highest BCUT2D eigenvalue weighted by Crippen LogP contribution is 2.33. The highest BCUT2D eigenvalue weighted by Gasteiger charge is 2.18. The summed E-state index contributed by atoms with van der Waals surface area (Å²) in [5.74, 6) is -0.486. The van der Waals surface area contributed by atoms with Gasteiger partial charge in [0.2, 0.25) is 0 Å². The van der Waals surface area contributed by atoms with Gasteiger partial charge in [-0.15, -0.1) is 0 Å². The second-order valence-corrected chi connectivity index (χ2v) is 5.38. The number of hydrogen-bond acceptors (Lipinski definition) is 3. The zero-order valence-electron chi connectivity index (χ0n) is 9.92. The number of carbonyl (C=O) groups excluding carboxylic acids is 1. The molecule has 1 unspecified atom stereocenters. The first-order chi connectivity index (χ1) is 9.06. The molecule has 1 atom stereocenters. The minimum atomic E-state index is -0.475. The summed E-state index contributed by atoms with van der Waals surface area (Å²) in [7, 11) is 0. The quantitative estimate of drug-likeness (QED) is 0.906. The smallest absolute Gasteiger partial charge is 0.258 e. The van der Waals surface area contributed by atoms with Crippen LogP contribution in [-0.4, -0.2) is 31.8 Å². The third-order valence-corrected chi connectivity index (χ3v) is 3.48. The van der Waals surface area contributed by atoms with Crippen molar-refractivity contribution >= 4 is 33.4 Å². The van der Waals surface area contributed by atoms with Crippen LogP contribution in [0.25, 0.3) is 0 Å². The van der Waals surface area contributed by atoms with Crippen LogP contribution >= 0.6 is 27.5 Å². The highest BCUT2D eigenvalue weighted by molar-refractivity contribution is 9.10. The molecule has 0 aromatic heterocycles. The first kappa shape index (κ1) is 14.6. The Labute approximate surface area is 123 Å². The number of benzene rings is 1. The van der Waals surface area contributed by atoms with E-state index in [9.17, 15) is 9.18 Å². The second kappa shape index (κ2) is 6.54. The molecule has 0 spiro atoms. The third kappa shape index (κ3) is 4.06. The molecule has 4 nitrogen and oxygen atoms in total.